The van der Waals surface area contributed by atoms with Crippen molar-refractivity contribution >= 4 is 57.7 Å². The molecule has 2 N–H and O–H groups in total. The van der Waals surface area contributed by atoms with E-state index in [2.05, 4.69) is 164 Å². The lowest BCUT2D eigenvalue weighted by atomic mass is 9.93. The minimum Gasteiger partial charge on any atom is -0.493 e. The Bertz CT molecular complexity index is 3680. The summed E-state index contributed by atoms with van der Waals surface area (Å²) < 4.78 is 27.4. The minimum absolute atomic E-state index is 0.0158. The zero-order valence-electron chi connectivity index (χ0n) is 51.6. The second-order valence-electron chi connectivity index (χ2n) is 26.9. The summed E-state index contributed by atoms with van der Waals surface area (Å²) in [4.78, 5) is 32.4. The zero-order valence-corrected chi connectivity index (χ0v) is 51.6. The maximum absolute atomic E-state index is 11.7. The molecule has 2 aliphatic heterocycles. The highest BCUT2D eigenvalue weighted by molar-refractivity contribution is 6.01. The lowest BCUT2D eigenvalue weighted by Gasteiger charge is -2.22. The molecule has 0 amide bonds. The van der Waals surface area contributed by atoms with Gasteiger partial charge in [0.25, 0.3) is 5.69 Å². The number of anilines is 1. The van der Waals surface area contributed by atoms with Crippen LogP contribution in [0.3, 0.4) is 0 Å². The number of hydrogen-bond acceptors (Lipinski definition) is 9. The Balaban J connectivity index is 1.43. The lowest BCUT2D eigenvalue weighted by molar-refractivity contribution is -0.384. The van der Waals surface area contributed by atoms with E-state index in [1.807, 2.05) is 68.7 Å². The summed E-state index contributed by atoms with van der Waals surface area (Å²) in [6.07, 6.45) is 11.5. The van der Waals surface area contributed by atoms with Crippen molar-refractivity contribution in [1.82, 2.24) is 19.9 Å². The van der Waals surface area contributed by atoms with Crippen LogP contribution in [-0.4, -0.2) is 65.4 Å². The first-order valence-corrected chi connectivity index (χ1v) is 29.3. The van der Waals surface area contributed by atoms with E-state index in [1.54, 1.807) is 12.1 Å². The van der Waals surface area contributed by atoms with Gasteiger partial charge in [-0.15, -0.1) is 0 Å². The van der Waals surface area contributed by atoms with Crippen LogP contribution < -0.4 is 23.8 Å². The average molecular weight is 1130 g/mol. The van der Waals surface area contributed by atoms with Crippen LogP contribution in [0.15, 0.2) is 109 Å². The normalized spacial score (nSPS) is 12.5. The highest BCUT2D eigenvalue weighted by Crippen LogP contribution is 2.47. The van der Waals surface area contributed by atoms with Crippen molar-refractivity contribution in [3.63, 3.8) is 0 Å². The maximum atomic E-state index is 11.7. The molecule has 0 spiro atoms. The number of nitro groups is 1. The zero-order chi connectivity index (χ0) is 60.1. The van der Waals surface area contributed by atoms with E-state index >= 15 is 0 Å². The van der Waals surface area contributed by atoms with Crippen LogP contribution in [0.5, 0.6) is 23.0 Å². The van der Waals surface area contributed by atoms with Gasteiger partial charge in [0.1, 0.15) is 23.0 Å². The number of nitrogens with one attached hydrogen (secondary N) is 2. The first-order valence-electron chi connectivity index (χ1n) is 29.3. The quantitative estimate of drug-likeness (QED) is 0.0518. The molecule has 0 fully saturated rings. The number of rotatable bonds is 17. The van der Waals surface area contributed by atoms with Crippen LogP contribution in [0.25, 0.3) is 79.8 Å². The van der Waals surface area contributed by atoms with E-state index in [4.69, 9.17) is 28.9 Å². The molecule has 12 nitrogen and oxygen atoms in total. The standard InChI is InChI=1S/C72H82N6O6/c1-69(2,3)39-43-81-60-17-15-18-61(82-44-40-70(4,5)6)67(60)65-56-33-31-52(73-56)51(30-23-47-21-26-50(27-22-47)78(79)80)53-32-34-57(74-53)66(68-62(83-45-41-71(7,8)9)19-16-20-63(68)84-46-42-72(10,11)12)59-38-36-55(76-59)64(54-35-37-58(65)75-54)48-24-28-49(29-25-48)77(13)14/h15-22,24-29,31-38,73,76H,39-46H2,1-14H3. The predicted molar refractivity (Wildman–Crippen MR) is 347 cm³/mol. The number of ether oxygens (including phenoxy) is 4. The SMILES string of the molecule is CN(C)c1ccc(-c2c3nc(c(-c4c(OCCC(C)(C)C)cccc4OCCC(C)(C)C)c4ccc([nH]4)c(C#Cc4ccc([N+](=O)[O-])cc4)c4nc(c(-c5c(OCCC(C)(C)C)cccc5OCCC(C)(C)C)c5ccc2[nH]5)C=C4)C=C3)cc1. The molecule has 84 heavy (non-hydrogen) atoms. The number of hydrogen-bond donors (Lipinski definition) is 2. The van der Waals surface area contributed by atoms with E-state index in [9.17, 15) is 10.1 Å². The number of H-pyrrole nitrogens is 2. The molecular weight excluding hydrogens is 1040 g/mol. The Kier molecular flexibility index (Phi) is 17.7. The summed E-state index contributed by atoms with van der Waals surface area (Å²) in [6, 6.07) is 35.3. The van der Waals surface area contributed by atoms with Gasteiger partial charge in [0, 0.05) is 70.7 Å². The molecule has 9 rings (SSSR count). The highest BCUT2D eigenvalue weighted by atomic mass is 16.6. The van der Waals surface area contributed by atoms with Gasteiger partial charge in [-0.25, -0.2) is 9.97 Å². The fraction of sp³-hybridized carbons (Fsp3) is 0.361. The maximum Gasteiger partial charge on any atom is 0.269 e. The summed E-state index contributed by atoms with van der Waals surface area (Å²) in [5, 5.41) is 11.7. The molecule has 5 heterocycles. The molecule has 0 unspecified atom stereocenters. The van der Waals surface area contributed by atoms with Crippen molar-refractivity contribution in [3.8, 4) is 68.2 Å². The van der Waals surface area contributed by atoms with Gasteiger partial charge in [-0.3, -0.25) is 10.1 Å². The molecule has 436 valence electrons. The molecule has 0 saturated heterocycles. The Hall–Kier alpha value is -8.56. The average Bonchev–Trinajstić information content (AvgIpc) is 1.80. The predicted octanol–water partition coefficient (Wildman–Crippen LogP) is 18.3. The van der Waals surface area contributed by atoms with Crippen molar-refractivity contribution in [2.24, 2.45) is 21.7 Å². The topological polar surface area (TPSA) is 141 Å². The minimum atomic E-state index is -0.408. The van der Waals surface area contributed by atoms with E-state index in [1.165, 1.54) is 12.1 Å². The molecule has 4 aromatic carbocycles. The van der Waals surface area contributed by atoms with Crippen molar-refractivity contribution in [2.75, 3.05) is 45.4 Å². The van der Waals surface area contributed by atoms with E-state index in [-0.39, 0.29) is 27.3 Å². The van der Waals surface area contributed by atoms with Gasteiger partial charge in [0.05, 0.1) is 76.3 Å². The number of non-ortho nitro benzene ring substituents is 1. The highest BCUT2D eigenvalue weighted by Gasteiger charge is 2.26. The third kappa shape index (κ3) is 15.0. The van der Waals surface area contributed by atoms with E-state index in [0.29, 0.717) is 83.2 Å². The molecule has 12 heteroatoms. The fourth-order valence-corrected chi connectivity index (χ4v) is 9.76. The number of aromatic amines is 2. The van der Waals surface area contributed by atoms with Crippen LogP contribution in [0, 0.1) is 43.6 Å². The molecule has 8 bridgehead atoms. The van der Waals surface area contributed by atoms with Gasteiger partial charge in [-0.05, 0) is 150 Å². The molecule has 7 aromatic rings. The Labute approximate surface area is 496 Å². The van der Waals surface area contributed by atoms with Crippen molar-refractivity contribution < 1.29 is 23.9 Å². The summed E-state index contributed by atoms with van der Waals surface area (Å²) in [5.74, 6) is 9.52. The van der Waals surface area contributed by atoms with Gasteiger partial charge in [0.15, 0.2) is 0 Å². The van der Waals surface area contributed by atoms with Gasteiger partial charge in [-0.1, -0.05) is 119 Å². The molecular formula is C72H82N6O6. The fourth-order valence-electron chi connectivity index (χ4n) is 9.76. The van der Waals surface area contributed by atoms with Crippen LogP contribution >= 0.6 is 0 Å². The number of benzene rings is 4. The van der Waals surface area contributed by atoms with Crippen LogP contribution in [0.1, 0.15) is 143 Å². The number of nitrogens with zero attached hydrogens (tertiary/aromatic N) is 4. The monoisotopic (exact) mass is 1130 g/mol. The molecule has 3 aromatic heterocycles. The van der Waals surface area contributed by atoms with Crippen molar-refractivity contribution in [3.05, 3.63) is 153 Å². The third-order valence-corrected chi connectivity index (χ3v) is 14.8. The van der Waals surface area contributed by atoms with E-state index < -0.39 is 4.92 Å². The summed E-state index contributed by atoms with van der Waals surface area (Å²) in [5.41, 5.74) is 13.1. The van der Waals surface area contributed by atoms with Gasteiger partial charge < -0.3 is 33.8 Å². The van der Waals surface area contributed by atoms with Gasteiger partial charge in [-0.2, -0.15) is 0 Å². The summed E-state index contributed by atoms with van der Waals surface area (Å²) in [6.45, 7) is 28.6. The summed E-state index contributed by atoms with van der Waals surface area (Å²) in [7, 11) is 4.09. The Morgan fingerprint density at radius 1 is 0.452 bits per heavy atom. The second-order valence-corrected chi connectivity index (χ2v) is 26.9. The molecule has 0 atom stereocenters. The smallest absolute Gasteiger partial charge is 0.269 e. The van der Waals surface area contributed by atoms with Crippen LogP contribution in [-0.2, 0) is 0 Å². The number of aromatic nitrogens is 4. The summed E-state index contributed by atoms with van der Waals surface area (Å²) >= 11 is 0. The van der Waals surface area contributed by atoms with Gasteiger partial charge >= 0.3 is 0 Å². The van der Waals surface area contributed by atoms with Gasteiger partial charge in [0.2, 0.25) is 0 Å². The Morgan fingerprint density at radius 2 is 0.821 bits per heavy atom. The molecule has 2 aliphatic rings. The van der Waals surface area contributed by atoms with Crippen molar-refractivity contribution in [1.29, 1.82) is 0 Å². The largest absolute Gasteiger partial charge is 0.493 e. The third-order valence-electron chi connectivity index (χ3n) is 14.8. The van der Waals surface area contributed by atoms with Crippen molar-refractivity contribution in [2.45, 2.75) is 109 Å². The lowest BCUT2D eigenvalue weighted by Crippen LogP contribution is -2.13. The first kappa shape index (κ1) is 60.0. The Morgan fingerprint density at radius 3 is 1.23 bits per heavy atom. The number of fused-ring (bicyclic) bond motifs is 8. The first-order chi connectivity index (χ1) is 39.8. The molecule has 0 saturated carbocycles. The van der Waals surface area contributed by atoms with Crippen LogP contribution in [0.2, 0.25) is 0 Å². The van der Waals surface area contributed by atoms with E-state index in [0.717, 1.165) is 87.0 Å². The molecule has 0 aliphatic carbocycles. The molecule has 0 radical (unpaired) electrons. The second kappa shape index (κ2) is 24.7. The number of nitro benzene ring substituents is 1. The van der Waals surface area contributed by atoms with Crippen LogP contribution in [0.4, 0.5) is 11.4 Å².